The van der Waals surface area contributed by atoms with Crippen LogP contribution in [0.5, 0.6) is 0 Å². The van der Waals surface area contributed by atoms with Gasteiger partial charge in [-0.05, 0) is 9.83 Å². The van der Waals surface area contributed by atoms with Crippen LogP contribution in [0.15, 0.2) is 0 Å². The molecule has 0 amide bonds. The van der Waals surface area contributed by atoms with Crippen LogP contribution in [0.25, 0.3) is 0 Å². The van der Waals surface area contributed by atoms with Gasteiger partial charge in [-0.25, -0.2) is 0 Å². The van der Waals surface area contributed by atoms with Crippen molar-refractivity contribution in [3.05, 3.63) is 0 Å². The van der Waals surface area contributed by atoms with Crippen LogP contribution >= 0.6 is 31.4 Å². The molecule has 2 aliphatic heterocycles. The highest BCUT2D eigenvalue weighted by atomic mass is 33.9. The molecule has 0 radical (unpaired) electrons. The van der Waals surface area contributed by atoms with E-state index in [1.807, 2.05) is 31.4 Å². The number of hydrogen-bond acceptors (Lipinski definition) is 4. The molecule has 0 aliphatic carbocycles. The number of rotatable bonds is 0. The summed E-state index contributed by atoms with van der Waals surface area (Å²) in [7, 11) is 5.91. The summed E-state index contributed by atoms with van der Waals surface area (Å²) < 4.78 is 0.900. The Bertz CT molecular complexity index is 120. The zero-order valence-electron chi connectivity index (χ0n) is 2.66. The lowest BCUT2D eigenvalue weighted by atomic mass is 11.9. The molecule has 0 aromatic carbocycles. The number of thiol groups is 1. The monoisotopic (exact) mass is 174 g/mol. The van der Waals surface area contributed by atoms with Crippen molar-refractivity contribution in [2.24, 2.45) is 0 Å². The van der Waals surface area contributed by atoms with Gasteiger partial charge in [0.15, 0.2) is 0 Å². The maximum Gasteiger partial charge on any atom is 0.120 e. The molecule has 0 bridgehead atoms. The van der Waals surface area contributed by atoms with Gasteiger partial charge in [0, 0.05) is 0 Å². The van der Waals surface area contributed by atoms with Crippen molar-refractivity contribution in [2.75, 3.05) is 0 Å². The van der Waals surface area contributed by atoms with Crippen LogP contribution in [0.3, 0.4) is 0 Å². The Balaban J connectivity index is 2.42. The normalized spacial score (nSPS) is 51.7. The Kier molecular flexibility index (Phi) is 0.844. The molecule has 0 N–H and O–H groups in total. The standard InChI is InChI=1S/CH2S5/c2-6-1(4-6)3-5-6/h1,6H. The van der Waals surface area contributed by atoms with Gasteiger partial charge in [0.25, 0.3) is 0 Å². The third-order valence-corrected chi connectivity index (χ3v) is 19.7. The lowest BCUT2D eigenvalue weighted by Gasteiger charge is -2.09. The second-order valence-corrected chi connectivity index (χ2v) is 15.5. The highest BCUT2D eigenvalue weighted by Gasteiger charge is 2.52. The zero-order valence-corrected chi connectivity index (χ0v) is 6.82. The summed E-state index contributed by atoms with van der Waals surface area (Å²) in [6.07, 6.45) is 0. The maximum atomic E-state index is 5.16. The van der Waals surface area contributed by atoms with E-state index in [1.165, 1.54) is 0 Å². The van der Waals surface area contributed by atoms with E-state index in [-0.39, 0.29) is 0 Å². The molecule has 0 nitrogen and oxygen atoms in total. The van der Waals surface area contributed by atoms with Crippen molar-refractivity contribution in [2.45, 2.75) is 3.91 Å². The number of fused-ring (bicyclic) bond motifs is 1. The van der Waals surface area contributed by atoms with E-state index in [0.717, 1.165) is 3.91 Å². The summed E-state index contributed by atoms with van der Waals surface area (Å²) in [5.74, 6) is 0. The van der Waals surface area contributed by atoms with Gasteiger partial charge in [-0.2, -0.15) is 0 Å². The highest BCUT2D eigenvalue weighted by Crippen LogP contribution is 2.80. The highest BCUT2D eigenvalue weighted by molar-refractivity contribution is 9.50. The molecule has 2 saturated heterocycles. The van der Waals surface area contributed by atoms with Crippen LogP contribution in [0.4, 0.5) is 0 Å². The van der Waals surface area contributed by atoms with E-state index in [1.54, 1.807) is 0 Å². The SMILES string of the molecule is S=[SH]12SSC1S2. The molecule has 36 valence electrons. The molecule has 2 rings (SSSR count). The number of hydrogen-bond donors (Lipinski definition) is 1. The Morgan fingerprint density at radius 3 is 2.33 bits per heavy atom. The van der Waals surface area contributed by atoms with Gasteiger partial charge in [0.05, 0.1) is 0 Å². The van der Waals surface area contributed by atoms with E-state index < -0.39 is 6.65 Å². The third-order valence-electron chi connectivity index (χ3n) is 0.679. The van der Waals surface area contributed by atoms with Gasteiger partial charge >= 0.3 is 0 Å². The molecule has 0 aromatic rings. The van der Waals surface area contributed by atoms with Crippen LogP contribution < -0.4 is 0 Å². The van der Waals surface area contributed by atoms with Crippen molar-refractivity contribution >= 4 is 49.3 Å². The summed E-state index contributed by atoms with van der Waals surface area (Å²) in [5, 5.41) is 0. The lowest BCUT2D eigenvalue weighted by molar-refractivity contribution is 2.20. The summed E-state index contributed by atoms with van der Waals surface area (Å²) in [6.45, 7) is -0.670. The molecule has 2 heterocycles. The second kappa shape index (κ2) is 1.13. The average Bonchev–Trinajstić information content (AvgIpc) is 1.88. The van der Waals surface area contributed by atoms with Crippen molar-refractivity contribution < 1.29 is 0 Å². The van der Waals surface area contributed by atoms with Crippen molar-refractivity contribution in [3.63, 3.8) is 0 Å². The van der Waals surface area contributed by atoms with Crippen LogP contribution in [0.2, 0.25) is 0 Å². The summed E-state index contributed by atoms with van der Waals surface area (Å²) in [6, 6.07) is 0. The first-order chi connectivity index (χ1) is 2.81. The van der Waals surface area contributed by atoms with Gasteiger partial charge in [0.2, 0.25) is 0 Å². The Morgan fingerprint density at radius 2 is 2.33 bits per heavy atom. The van der Waals surface area contributed by atoms with Gasteiger partial charge in [0.1, 0.15) is 3.91 Å². The van der Waals surface area contributed by atoms with E-state index in [0.29, 0.717) is 0 Å². The molecule has 2 aliphatic rings. The molecule has 1 unspecified atom stereocenters. The van der Waals surface area contributed by atoms with Crippen LogP contribution in [-0.4, -0.2) is 3.91 Å². The molecular formula is CH2S5. The van der Waals surface area contributed by atoms with Gasteiger partial charge in [-0.1, -0.05) is 39.4 Å². The molecule has 6 heavy (non-hydrogen) atoms. The maximum absolute atomic E-state index is 5.16. The molecule has 5 heteroatoms. The summed E-state index contributed by atoms with van der Waals surface area (Å²) in [5.41, 5.74) is 0. The molecule has 0 aromatic heterocycles. The Labute approximate surface area is 53.0 Å². The van der Waals surface area contributed by atoms with E-state index in [4.69, 9.17) is 11.2 Å². The van der Waals surface area contributed by atoms with Gasteiger partial charge in [-0.15, -0.1) is 0 Å². The van der Waals surface area contributed by atoms with Crippen molar-refractivity contribution in [3.8, 4) is 0 Å². The van der Waals surface area contributed by atoms with Gasteiger partial charge < -0.3 is 0 Å². The third kappa shape index (κ3) is 0.434. The first kappa shape index (κ1) is 4.49. The van der Waals surface area contributed by atoms with Gasteiger partial charge in [-0.3, -0.25) is 0 Å². The first-order valence-electron chi connectivity index (χ1n) is 1.44. The predicted octanol–water partition coefficient (Wildman–Crippen LogP) is 1.59. The molecule has 2 fully saturated rings. The Hall–Kier alpha value is 1.62. The molecule has 0 saturated carbocycles. The quantitative estimate of drug-likeness (QED) is 0.336. The summed E-state index contributed by atoms with van der Waals surface area (Å²) in [4.78, 5) is 0. The van der Waals surface area contributed by atoms with E-state index in [2.05, 4.69) is 0 Å². The Morgan fingerprint density at radius 1 is 1.67 bits per heavy atom. The molecule has 0 spiro atoms. The predicted molar refractivity (Wildman–Crippen MR) is 42.7 cm³/mol. The first-order valence-corrected chi connectivity index (χ1v) is 8.62. The van der Waals surface area contributed by atoms with Crippen molar-refractivity contribution in [1.29, 1.82) is 0 Å². The lowest BCUT2D eigenvalue weighted by Crippen LogP contribution is -1.89. The topological polar surface area (TPSA) is 0 Å². The molecule has 1 atom stereocenters. The minimum absolute atomic E-state index is 0.670. The fourth-order valence-electron chi connectivity index (χ4n) is 0.282. The smallest absolute Gasteiger partial charge is 0.0889 e. The van der Waals surface area contributed by atoms with Crippen molar-refractivity contribution in [1.82, 2.24) is 0 Å². The van der Waals surface area contributed by atoms with Crippen LogP contribution in [-0.2, 0) is 17.8 Å². The van der Waals surface area contributed by atoms with E-state index in [9.17, 15) is 0 Å². The fourth-order valence-corrected chi connectivity index (χ4v) is 19.2. The minimum Gasteiger partial charge on any atom is -0.0889 e. The zero-order chi connectivity index (χ0) is 4.20. The van der Waals surface area contributed by atoms with Crippen LogP contribution in [0, 0.1) is 0 Å². The van der Waals surface area contributed by atoms with Crippen LogP contribution in [0.1, 0.15) is 0 Å². The molecular weight excluding hydrogens is 172 g/mol. The summed E-state index contributed by atoms with van der Waals surface area (Å²) >= 11 is 5.16. The minimum atomic E-state index is -0.670. The fraction of sp³-hybridized carbons (Fsp3) is 1.00. The van der Waals surface area contributed by atoms with E-state index >= 15 is 0 Å². The average molecular weight is 174 g/mol. The largest absolute Gasteiger partial charge is 0.120 e. The second-order valence-electron chi connectivity index (χ2n) is 1.12.